The standard InChI is InChI=1S/C21H18N2O2/c22-21(25)15-5-6-16(13-7-9-23-10-8-13)18(11-15)20-17-4-2-1-3-14(17)12-19(20)24/h1-11,19-20,24H,12H2,(H2,22,25)/t19-,20-/m1/s1. The maximum Gasteiger partial charge on any atom is 0.248 e. The van der Waals surface area contributed by atoms with E-state index in [4.69, 9.17) is 5.73 Å². The van der Waals surface area contributed by atoms with E-state index >= 15 is 0 Å². The van der Waals surface area contributed by atoms with Gasteiger partial charge in [-0.3, -0.25) is 9.78 Å². The van der Waals surface area contributed by atoms with E-state index in [1.807, 2.05) is 48.5 Å². The predicted octanol–water partition coefficient (Wildman–Crippen LogP) is 2.90. The molecular formula is C21H18N2O2. The molecule has 1 aliphatic rings. The van der Waals surface area contributed by atoms with Crippen molar-refractivity contribution in [3.8, 4) is 11.1 Å². The molecule has 0 saturated heterocycles. The molecule has 0 radical (unpaired) electrons. The molecule has 4 nitrogen and oxygen atoms in total. The SMILES string of the molecule is NC(=O)c1ccc(-c2ccncc2)c([C@H]2c3ccccc3C[C@H]2O)c1. The second-order valence-electron chi connectivity index (χ2n) is 6.35. The van der Waals surface area contributed by atoms with Crippen LogP contribution in [-0.2, 0) is 6.42 Å². The number of rotatable bonds is 3. The van der Waals surface area contributed by atoms with Crippen LogP contribution in [0.2, 0.25) is 0 Å². The van der Waals surface area contributed by atoms with E-state index in [1.165, 1.54) is 0 Å². The van der Waals surface area contributed by atoms with Crippen LogP contribution in [0.5, 0.6) is 0 Å². The van der Waals surface area contributed by atoms with E-state index in [0.717, 1.165) is 27.8 Å². The van der Waals surface area contributed by atoms with E-state index in [2.05, 4.69) is 4.98 Å². The van der Waals surface area contributed by atoms with Crippen LogP contribution in [0.25, 0.3) is 11.1 Å². The van der Waals surface area contributed by atoms with Gasteiger partial charge in [-0.25, -0.2) is 0 Å². The zero-order chi connectivity index (χ0) is 17.4. The molecule has 1 heterocycles. The minimum absolute atomic E-state index is 0.182. The highest BCUT2D eigenvalue weighted by Gasteiger charge is 2.33. The average molecular weight is 330 g/mol. The highest BCUT2D eigenvalue weighted by molar-refractivity contribution is 5.94. The number of carbonyl (C=O) groups excluding carboxylic acids is 1. The monoisotopic (exact) mass is 330 g/mol. The van der Waals surface area contributed by atoms with Crippen LogP contribution in [0, 0.1) is 0 Å². The van der Waals surface area contributed by atoms with E-state index in [1.54, 1.807) is 18.5 Å². The second-order valence-corrected chi connectivity index (χ2v) is 6.35. The molecule has 2 atom stereocenters. The van der Waals surface area contributed by atoms with Crippen molar-refractivity contribution in [2.24, 2.45) is 5.73 Å². The normalized spacial score (nSPS) is 18.8. The number of carbonyl (C=O) groups is 1. The number of primary amides is 1. The Hall–Kier alpha value is -2.98. The van der Waals surface area contributed by atoms with Gasteiger partial charge in [-0.1, -0.05) is 30.3 Å². The van der Waals surface area contributed by atoms with Gasteiger partial charge in [0.2, 0.25) is 5.91 Å². The summed E-state index contributed by atoms with van der Waals surface area (Å²) >= 11 is 0. The first-order chi connectivity index (χ1) is 12.1. The molecule has 0 saturated carbocycles. The van der Waals surface area contributed by atoms with Gasteiger partial charge >= 0.3 is 0 Å². The number of benzene rings is 2. The molecule has 4 rings (SSSR count). The van der Waals surface area contributed by atoms with E-state index in [-0.39, 0.29) is 5.92 Å². The summed E-state index contributed by atoms with van der Waals surface area (Å²) in [7, 11) is 0. The lowest BCUT2D eigenvalue weighted by Gasteiger charge is -2.21. The molecule has 3 N–H and O–H groups in total. The Morgan fingerprint density at radius 3 is 2.56 bits per heavy atom. The third-order valence-electron chi connectivity index (χ3n) is 4.87. The van der Waals surface area contributed by atoms with Crippen molar-refractivity contribution in [1.29, 1.82) is 0 Å². The Balaban J connectivity index is 1.93. The van der Waals surface area contributed by atoms with Gasteiger partial charge in [-0.2, -0.15) is 0 Å². The first-order valence-corrected chi connectivity index (χ1v) is 8.25. The molecule has 1 aromatic heterocycles. The van der Waals surface area contributed by atoms with Gasteiger partial charge in [0.25, 0.3) is 0 Å². The molecular weight excluding hydrogens is 312 g/mol. The zero-order valence-corrected chi connectivity index (χ0v) is 13.6. The molecule has 1 aliphatic carbocycles. The van der Waals surface area contributed by atoms with Crippen molar-refractivity contribution >= 4 is 5.91 Å². The molecule has 3 aromatic rings. The van der Waals surface area contributed by atoms with Crippen LogP contribution in [0.15, 0.2) is 67.0 Å². The molecule has 0 unspecified atom stereocenters. The summed E-state index contributed by atoms with van der Waals surface area (Å²) in [5.74, 6) is -0.651. The molecule has 25 heavy (non-hydrogen) atoms. The smallest absolute Gasteiger partial charge is 0.248 e. The number of pyridine rings is 1. The molecule has 0 bridgehead atoms. The molecule has 0 aliphatic heterocycles. The third-order valence-corrected chi connectivity index (χ3v) is 4.87. The average Bonchev–Trinajstić information content (AvgIpc) is 2.97. The van der Waals surface area contributed by atoms with Gasteiger partial charge in [0.1, 0.15) is 0 Å². The Labute approximate surface area is 146 Å². The Morgan fingerprint density at radius 1 is 1.04 bits per heavy atom. The van der Waals surface area contributed by atoms with Crippen LogP contribution in [0.1, 0.15) is 33.0 Å². The Morgan fingerprint density at radius 2 is 1.80 bits per heavy atom. The minimum atomic E-state index is -0.527. The molecule has 124 valence electrons. The van der Waals surface area contributed by atoms with Gasteiger partial charge < -0.3 is 10.8 Å². The summed E-state index contributed by atoms with van der Waals surface area (Å²) < 4.78 is 0. The minimum Gasteiger partial charge on any atom is -0.392 e. The summed E-state index contributed by atoms with van der Waals surface area (Å²) in [6.07, 6.45) is 3.55. The number of nitrogens with two attached hydrogens (primary N) is 1. The van der Waals surface area contributed by atoms with Gasteiger partial charge in [-0.15, -0.1) is 0 Å². The maximum atomic E-state index is 11.7. The highest BCUT2D eigenvalue weighted by Crippen LogP contribution is 2.42. The van der Waals surface area contributed by atoms with Crippen molar-refractivity contribution in [2.75, 3.05) is 0 Å². The fourth-order valence-corrected chi connectivity index (χ4v) is 3.72. The van der Waals surface area contributed by atoms with Crippen molar-refractivity contribution in [3.63, 3.8) is 0 Å². The fourth-order valence-electron chi connectivity index (χ4n) is 3.72. The summed E-state index contributed by atoms with van der Waals surface area (Å²) in [6, 6.07) is 17.4. The van der Waals surface area contributed by atoms with Crippen molar-refractivity contribution in [2.45, 2.75) is 18.4 Å². The molecule has 0 spiro atoms. The van der Waals surface area contributed by atoms with Gasteiger partial charge in [0.15, 0.2) is 0 Å². The topological polar surface area (TPSA) is 76.2 Å². The number of amides is 1. The number of hydrogen-bond donors (Lipinski definition) is 2. The van der Waals surface area contributed by atoms with E-state index in [9.17, 15) is 9.90 Å². The second kappa shape index (κ2) is 6.15. The zero-order valence-electron chi connectivity index (χ0n) is 13.6. The summed E-state index contributed by atoms with van der Waals surface area (Å²) in [5, 5.41) is 10.7. The van der Waals surface area contributed by atoms with E-state index < -0.39 is 12.0 Å². The molecule has 2 aromatic carbocycles. The quantitative estimate of drug-likeness (QED) is 0.775. The Bertz CT molecular complexity index is 938. The van der Waals surface area contributed by atoms with Crippen molar-refractivity contribution in [3.05, 3.63) is 89.2 Å². The summed E-state index contributed by atoms with van der Waals surface area (Å²) in [6.45, 7) is 0. The van der Waals surface area contributed by atoms with Gasteiger partial charge in [0, 0.05) is 23.9 Å². The van der Waals surface area contributed by atoms with Crippen LogP contribution in [-0.4, -0.2) is 22.1 Å². The lowest BCUT2D eigenvalue weighted by molar-refractivity contribution is 0.1000. The van der Waals surface area contributed by atoms with Crippen LogP contribution < -0.4 is 5.73 Å². The van der Waals surface area contributed by atoms with Crippen molar-refractivity contribution < 1.29 is 9.90 Å². The number of hydrogen-bond acceptors (Lipinski definition) is 3. The lowest BCUT2D eigenvalue weighted by atomic mass is 9.85. The van der Waals surface area contributed by atoms with Crippen LogP contribution >= 0.6 is 0 Å². The fraction of sp³-hybridized carbons (Fsp3) is 0.143. The highest BCUT2D eigenvalue weighted by atomic mass is 16.3. The van der Waals surface area contributed by atoms with E-state index in [0.29, 0.717) is 12.0 Å². The lowest BCUT2D eigenvalue weighted by Crippen LogP contribution is -2.17. The molecule has 1 amide bonds. The third kappa shape index (κ3) is 2.71. The number of fused-ring (bicyclic) bond motifs is 1. The first-order valence-electron chi connectivity index (χ1n) is 8.25. The number of nitrogens with zero attached hydrogens (tertiary/aromatic N) is 1. The van der Waals surface area contributed by atoms with Crippen LogP contribution in [0.3, 0.4) is 0 Å². The van der Waals surface area contributed by atoms with Crippen molar-refractivity contribution in [1.82, 2.24) is 4.98 Å². The number of aliphatic hydroxyl groups is 1. The summed E-state index contributed by atoms with van der Waals surface area (Å²) in [5.41, 5.74) is 11.1. The summed E-state index contributed by atoms with van der Waals surface area (Å²) in [4.78, 5) is 15.8. The number of aromatic nitrogens is 1. The molecule has 4 heteroatoms. The first kappa shape index (κ1) is 15.5. The van der Waals surface area contributed by atoms with Gasteiger partial charge in [0.05, 0.1) is 6.10 Å². The number of aliphatic hydroxyl groups excluding tert-OH is 1. The Kier molecular flexibility index (Phi) is 3.82. The predicted molar refractivity (Wildman–Crippen MR) is 96.2 cm³/mol. The van der Waals surface area contributed by atoms with Crippen LogP contribution in [0.4, 0.5) is 0 Å². The largest absolute Gasteiger partial charge is 0.392 e. The molecule has 0 fully saturated rings. The van der Waals surface area contributed by atoms with Gasteiger partial charge in [-0.05, 0) is 58.5 Å². The maximum absolute atomic E-state index is 11.7.